The molecule has 1 aromatic heterocycles. The number of aromatic amines is 1. The zero-order valence-electron chi connectivity index (χ0n) is 15.9. The van der Waals surface area contributed by atoms with Crippen molar-refractivity contribution in [2.24, 2.45) is 0 Å². The monoisotopic (exact) mass is 362 g/mol. The van der Waals surface area contributed by atoms with Gasteiger partial charge in [-0.2, -0.15) is 0 Å². The van der Waals surface area contributed by atoms with E-state index in [0.29, 0.717) is 24.4 Å². The number of hydrogen-bond donors (Lipinski definition) is 2. The number of amides is 1. The zero-order valence-corrected chi connectivity index (χ0v) is 15.9. The van der Waals surface area contributed by atoms with Crippen LogP contribution >= 0.6 is 0 Å². The van der Waals surface area contributed by atoms with E-state index < -0.39 is 17.7 Å². The molecular weight excluding hydrogens is 336 g/mol. The number of H-pyrrole nitrogens is 1. The van der Waals surface area contributed by atoms with Gasteiger partial charge >= 0.3 is 12.1 Å². The van der Waals surface area contributed by atoms with Crippen LogP contribution in [0.1, 0.15) is 43.7 Å². The Labute approximate surface area is 153 Å². The van der Waals surface area contributed by atoms with Crippen molar-refractivity contribution in [1.29, 1.82) is 0 Å². The molecule has 1 amide bonds. The minimum absolute atomic E-state index is 0.285. The molecule has 2 rings (SSSR count). The first-order valence-electron chi connectivity index (χ1n) is 8.57. The fourth-order valence-corrected chi connectivity index (χ4v) is 2.59. The van der Waals surface area contributed by atoms with E-state index in [-0.39, 0.29) is 6.61 Å². The van der Waals surface area contributed by atoms with E-state index in [1.54, 1.807) is 34.8 Å². The SMILES string of the molecule is CCOC(=O)c1[nH]c2ccc(OC)cc2c1CCNC(=O)OC(C)(C)C. The summed E-state index contributed by atoms with van der Waals surface area (Å²) < 4.78 is 15.6. The van der Waals surface area contributed by atoms with E-state index in [1.807, 2.05) is 18.2 Å². The molecule has 26 heavy (non-hydrogen) atoms. The number of ether oxygens (including phenoxy) is 3. The van der Waals surface area contributed by atoms with Crippen molar-refractivity contribution in [2.75, 3.05) is 20.3 Å². The average molecular weight is 362 g/mol. The molecule has 1 heterocycles. The summed E-state index contributed by atoms with van der Waals surface area (Å²) in [5.74, 6) is 0.267. The number of fused-ring (bicyclic) bond motifs is 1. The molecule has 7 nitrogen and oxygen atoms in total. The second-order valence-corrected chi connectivity index (χ2v) is 6.79. The molecule has 0 saturated carbocycles. The molecule has 2 N–H and O–H groups in total. The Balaban J connectivity index is 2.23. The minimum Gasteiger partial charge on any atom is -0.497 e. The number of rotatable bonds is 6. The lowest BCUT2D eigenvalue weighted by molar-refractivity contribution is 0.0517. The highest BCUT2D eigenvalue weighted by molar-refractivity contribution is 5.98. The molecule has 0 fully saturated rings. The number of nitrogens with one attached hydrogen (secondary N) is 2. The topological polar surface area (TPSA) is 89.7 Å². The van der Waals surface area contributed by atoms with E-state index >= 15 is 0 Å². The van der Waals surface area contributed by atoms with Crippen LogP contribution in [0.5, 0.6) is 5.75 Å². The summed E-state index contributed by atoms with van der Waals surface area (Å²) in [5.41, 5.74) is 1.41. The van der Waals surface area contributed by atoms with Crippen molar-refractivity contribution >= 4 is 23.0 Å². The molecule has 1 aromatic carbocycles. The second kappa shape index (κ2) is 8.12. The van der Waals surface area contributed by atoms with Crippen LogP contribution in [0.3, 0.4) is 0 Å². The Hall–Kier alpha value is -2.70. The highest BCUT2D eigenvalue weighted by Crippen LogP contribution is 2.27. The summed E-state index contributed by atoms with van der Waals surface area (Å²) in [7, 11) is 1.59. The Morgan fingerprint density at radius 2 is 1.96 bits per heavy atom. The first kappa shape index (κ1) is 19.6. The highest BCUT2D eigenvalue weighted by Gasteiger charge is 2.20. The van der Waals surface area contributed by atoms with Crippen LogP contribution in [0.25, 0.3) is 10.9 Å². The Morgan fingerprint density at radius 3 is 2.58 bits per heavy atom. The molecule has 0 aliphatic carbocycles. The molecule has 7 heteroatoms. The molecule has 2 aromatic rings. The normalized spacial score (nSPS) is 11.3. The van der Waals surface area contributed by atoms with Gasteiger partial charge in [0, 0.05) is 17.4 Å². The highest BCUT2D eigenvalue weighted by atomic mass is 16.6. The number of esters is 1. The van der Waals surface area contributed by atoms with E-state index in [0.717, 1.165) is 16.5 Å². The quantitative estimate of drug-likeness (QED) is 0.769. The Morgan fingerprint density at radius 1 is 1.23 bits per heavy atom. The second-order valence-electron chi connectivity index (χ2n) is 6.79. The lowest BCUT2D eigenvalue weighted by Crippen LogP contribution is -2.33. The fourth-order valence-electron chi connectivity index (χ4n) is 2.59. The summed E-state index contributed by atoms with van der Waals surface area (Å²) in [6.45, 7) is 7.78. The van der Waals surface area contributed by atoms with Crippen molar-refractivity contribution in [3.63, 3.8) is 0 Å². The van der Waals surface area contributed by atoms with Crippen molar-refractivity contribution in [2.45, 2.75) is 39.7 Å². The predicted octanol–water partition coefficient (Wildman–Crippen LogP) is 3.42. The molecule has 0 bridgehead atoms. The van der Waals surface area contributed by atoms with Gasteiger partial charge in [0.05, 0.1) is 13.7 Å². The molecule has 0 saturated heterocycles. The number of aromatic nitrogens is 1. The van der Waals surface area contributed by atoms with Gasteiger partial charge in [-0.1, -0.05) is 0 Å². The third kappa shape index (κ3) is 4.91. The van der Waals surface area contributed by atoms with Crippen LogP contribution in [0.2, 0.25) is 0 Å². The molecule has 0 atom stereocenters. The van der Waals surface area contributed by atoms with Crippen LogP contribution in [0.15, 0.2) is 18.2 Å². The number of alkyl carbamates (subject to hydrolysis) is 1. The smallest absolute Gasteiger partial charge is 0.407 e. The standard InChI is InChI=1S/C19H26N2O5/c1-6-25-17(22)16-13(9-10-20-18(23)26-19(2,3)4)14-11-12(24-5)7-8-15(14)21-16/h7-8,11,21H,6,9-10H2,1-5H3,(H,20,23). The Kier molecular flexibility index (Phi) is 6.13. The van der Waals surface area contributed by atoms with Gasteiger partial charge in [0.15, 0.2) is 0 Å². The largest absolute Gasteiger partial charge is 0.497 e. The summed E-state index contributed by atoms with van der Waals surface area (Å²) in [6.07, 6.45) is -0.0480. The van der Waals surface area contributed by atoms with Gasteiger partial charge in [-0.3, -0.25) is 0 Å². The maximum Gasteiger partial charge on any atom is 0.407 e. The van der Waals surface area contributed by atoms with E-state index in [2.05, 4.69) is 10.3 Å². The number of methoxy groups -OCH3 is 1. The van der Waals surface area contributed by atoms with Crippen molar-refractivity contribution < 1.29 is 23.8 Å². The zero-order chi connectivity index (χ0) is 19.3. The van der Waals surface area contributed by atoms with Crippen molar-refractivity contribution in [1.82, 2.24) is 10.3 Å². The maximum atomic E-state index is 12.3. The van der Waals surface area contributed by atoms with Gasteiger partial charge in [0.2, 0.25) is 0 Å². The Bertz CT molecular complexity index is 789. The maximum absolute atomic E-state index is 12.3. The van der Waals surface area contributed by atoms with Crippen molar-refractivity contribution in [3.05, 3.63) is 29.5 Å². The molecule has 0 aliphatic heterocycles. The lowest BCUT2D eigenvalue weighted by atomic mass is 10.1. The number of carbonyl (C=O) groups excluding carboxylic acids is 2. The first-order valence-corrected chi connectivity index (χ1v) is 8.57. The van der Waals surface area contributed by atoms with E-state index in [9.17, 15) is 9.59 Å². The van der Waals surface area contributed by atoms with Gasteiger partial charge < -0.3 is 24.5 Å². The number of carbonyl (C=O) groups is 2. The summed E-state index contributed by atoms with van der Waals surface area (Å²) in [5, 5.41) is 3.57. The molecule has 0 spiro atoms. The molecular formula is C19H26N2O5. The summed E-state index contributed by atoms with van der Waals surface area (Å²) in [6, 6.07) is 5.52. The summed E-state index contributed by atoms with van der Waals surface area (Å²) >= 11 is 0. The van der Waals surface area contributed by atoms with Crippen LogP contribution in [0.4, 0.5) is 4.79 Å². The average Bonchev–Trinajstić information content (AvgIpc) is 2.91. The van der Waals surface area contributed by atoms with Gasteiger partial charge in [-0.05, 0) is 57.9 Å². The van der Waals surface area contributed by atoms with E-state index in [1.165, 1.54) is 0 Å². The van der Waals surface area contributed by atoms with Crippen LogP contribution < -0.4 is 10.1 Å². The van der Waals surface area contributed by atoms with Crippen LogP contribution in [-0.2, 0) is 15.9 Å². The molecule has 0 radical (unpaired) electrons. The third-order valence-electron chi connectivity index (χ3n) is 3.64. The van der Waals surface area contributed by atoms with Gasteiger partial charge in [0.25, 0.3) is 0 Å². The molecule has 142 valence electrons. The molecule has 0 aliphatic rings. The summed E-state index contributed by atoms with van der Waals surface area (Å²) in [4.78, 5) is 27.2. The van der Waals surface area contributed by atoms with Crippen LogP contribution in [0, 0.1) is 0 Å². The predicted molar refractivity (Wildman–Crippen MR) is 98.7 cm³/mol. The minimum atomic E-state index is -0.561. The van der Waals surface area contributed by atoms with Crippen LogP contribution in [-0.4, -0.2) is 42.9 Å². The van der Waals surface area contributed by atoms with Gasteiger partial charge in [-0.25, -0.2) is 9.59 Å². The van der Waals surface area contributed by atoms with Crippen molar-refractivity contribution in [3.8, 4) is 5.75 Å². The van der Waals surface area contributed by atoms with Gasteiger partial charge in [0.1, 0.15) is 17.0 Å². The number of benzene rings is 1. The fraction of sp³-hybridized carbons (Fsp3) is 0.474. The van der Waals surface area contributed by atoms with E-state index in [4.69, 9.17) is 14.2 Å². The third-order valence-corrected chi connectivity index (χ3v) is 3.64. The molecule has 0 unspecified atom stereocenters. The first-order chi connectivity index (χ1) is 12.2. The van der Waals surface area contributed by atoms with Gasteiger partial charge in [-0.15, -0.1) is 0 Å². The lowest BCUT2D eigenvalue weighted by Gasteiger charge is -2.19. The number of hydrogen-bond acceptors (Lipinski definition) is 5.